The molecular weight excluding hydrogens is 168 g/mol. The Morgan fingerprint density at radius 2 is 1.58 bits per heavy atom. The fraction of sp³-hybridized carbons (Fsp3) is 0.273. The number of rotatable bonds is 3. The number of halogens is 1. The van der Waals surface area contributed by atoms with Crippen molar-refractivity contribution in [2.75, 3.05) is 0 Å². The third-order valence-electron chi connectivity index (χ3n) is 1.02. The maximum absolute atomic E-state index is 5.63. The van der Waals surface area contributed by atoms with Crippen molar-refractivity contribution in [3.8, 4) is 0 Å². The van der Waals surface area contributed by atoms with Crippen molar-refractivity contribution in [1.82, 2.24) is 0 Å². The molecule has 0 fully saturated rings. The molecule has 0 saturated carbocycles. The molecule has 0 saturated heterocycles. The van der Waals surface area contributed by atoms with Crippen molar-refractivity contribution in [3.05, 3.63) is 48.1 Å². The first-order valence-corrected chi connectivity index (χ1v) is 4.37. The molecule has 0 rings (SSSR count). The predicted molar refractivity (Wildman–Crippen MR) is 59.4 cm³/mol. The Morgan fingerprint density at radius 1 is 1.08 bits per heavy atom. The van der Waals surface area contributed by atoms with E-state index in [1.807, 2.05) is 26.8 Å². The second kappa shape index (κ2) is 10.2. The van der Waals surface area contributed by atoms with E-state index in [4.69, 9.17) is 11.6 Å². The van der Waals surface area contributed by atoms with E-state index in [0.29, 0.717) is 5.03 Å². The molecule has 68 valence electrons. The van der Waals surface area contributed by atoms with Crippen LogP contribution in [0.15, 0.2) is 48.1 Å². The van der Waals surface area contributed by atoms with Crippen LogP contribution in [-0.2, 0) is 0 Å². The van der Waals surface area contributed by atoms with E-state index in [9.17, 15) is 0 Å². The van der Waals surface area contributed by atoms with Crippen LogP contribution in [0.1, 0.15) is 20.8 Å². The Hall–Kier alpha value is -0.750. The summed E-state index contributed by atoms with van der Waals surface area (Å²) >= 11 is 5.63. The predicted octanol–water partition coefficient (Wildman–Crippen LogP) is 4.45. The molecule has 1 heteroatoms. The van der Waals surface area contributed by atoms with Gasteiger partial charge in [-0.2, -0.15) is 0 Å². The lowest BCUT2D eigenvalue weighted by Gasteiger charge is -1.85. The smallest absolute Gasteiger partial charge is 0.0400 e. The molecule has 0 aromatic carbocycles. The van der Waals surface area contributed by atoms with E-state index >= 15 is 0 Å². The Balaban J connectivity index is 0. The molecule has 0 spiro atoms. The zero-order chi connectivity index (χ0) is 9.98. The second-order valence-electron chi connectivity index (χ2n) is 1.87. The van der Waals surface area contributed by atoms with E-state index in [2.05, 4.69) is 13.2 Å². The standard InChI is InChI=1S/C9H11Cl.C2H6/c1-4-8(3)6-7-9(10)5-2;1-2/h4-7H,1-2H2,3H3;1-2H3/b8-6-,9-7+;. The highest BCUT2D eigenvalue weighted by Gasteiger charge is 1.79. The van der Waals surface area contributed by atoms with E-state index < -0.39 is 0 Å². The lowest BCUT2D eigenvalue weighted by atomic mass is 10.3. The van der Waals surface area contributed by atoms with E-state index in [-0.39, 0.29) is 0 Å². The van der Waals surface area contributed by atoms with Crippen molar-refractivity contribution >= 4 is 11.6 Å². The van der Waals surface area contributed by atoms with Crippen molar-refractivity contribution in [2.45, 2.75) is 20.8 Å². The summed E-state index contributed by atoms with van der Waals surface area (Å²) < 4.78 is 0. The summed E-state index contributed by atoms with van der Waals surface area (Å²) in [5.41, 5.74) is 1.08. The first kappa shape index (κ1) is 13.8. The van der Waals surface area contributed by atoms with Gasteiger partial charge >= 0.3 is 0 Å². The largest absolute Gasteiger partial charge is 0.0988 e. The molecule has 0 radical (unpaired) electrons. The summed E-state index contributed by atoms with van der Waals surface area (Å²) in [5.74, 6) is 0. The average molecular weight is 185 g/mol. The van der Waals surface area contributed by atoms with Gasteiger partial charge in [-0.15, -0.1) is 0 Å². The molecule has 0 N–H and O–H groups in total. The minimum Gasteiger partial charge on any atom is -0.0988 e. The van der Waals surface area contributed by atoms with Crippen LogP contribution < -0.4 is 0 Å². The van der Waals surface area contributed by atoms with Gasteiger partial charge in [0.05, 0.1) is 0 Å². The molecule has 0 aliphatic heterocycles. The van der Waals surface area contributed by atoms with Gasteiger partial charge in [0.2, 0.25) is 0 Å². The van der Waals surface area contributed by atoms with Gasteiger partial charge in [0.25, 0.3) is 0 Å². The maximum atomic E-state index is 5.63. The molecule has 0 aromatic heterocycles. The SMILES string of the molecule is C=C/C(C)=C\C=C(\Cl)C=C.CC. The lowest BCUT2D eigenvalue weighted by Crippen LogP contribution is -1.64. The van der Waals surface area contributed by atoms with Crippen LogP contribution in [0.25, 0.3) is 0 Å². The van der Waals surface area contributed by atoms with Crippen molar-refractivity contribution in [1.29, 1.82) is 0 Å². The third-order valence-corrected chi connectivity index (χ3v) is 1.30. The maximum Gasteiger partial charge on any atom is 0.0400 e. The second-order valence-corrected chi connectivity index (χ2v) is 2.31. The third kappa shape index (κ3) is 9.25. The molecule has 0 aliphatic rings. The van der Waals surface area contributed by atoms with Gasteiger partial charge in [-0.25, -0.2) is 0 Å². The van der Waals surface area contributed by atoms with Crippen molar-refractivity contribution in [2.24, 2.45) is 0 Å². The first-order valence-electron chi connectivity index (χ1n) is 3.99. The summed E-state index contributed by atoms with van der Waals surface area (Å²) in [4.78, 5) is 0. The van der Waals surface area contributed by atoms with E-state index in [0.717, 1.165) is 5.57 Å². The topological polar surface area (TPSA) is 0 Å². The summed E-state index contributed by atoms with van der Waals surface area (Å²) in [6, 6.07) is 0. The normalized spacial score (nSPS) is 11.3. The van der Waals surface area contributed by atoms with Gasteiger partial charge < -0.3 is 0 Å². The van der Waals surface area contributed by atoms with Crippen LogP contribution >= 0.6 is 11.6 Å². The monoisotopic (exact) mass is 184 g/mol. The summed E-state index contributed by atoms with van der Waals surface area (Å²) in [5, 5.41) is 0.640. The summed E-state index contributed by atoms with van der Waals surface area (Å²) in [7, 11) is 0. The molecule has 12 heavy (non-hydrogen) atoms. The molecule has 0 amide bonds. The van der Waals surface area contributed by atoms with Gasteiger partial charge in [-0.1, -0.05) is 62.4 Å². The molecular formula is C11H17Cl. The van der Waals surface area contributed by atoms with Crippen LogP contribution in [0.5, 0.6) is 0 Å². The Morgan fingerprint density at radius 3 is 1.92 bits per heavy atom. The first-order chi connectivity index (χ1) is 5.70. The van der Waals surface area contributed by atoms with Gasteiger partial charge in [-0.05, 0) is 13.0 Å². The van der Waals surface area contributed by atoms with Crippen molar-refractivity contribution < 1.29 is 0 Å². The highest BCUT2D eigenvalue weighted by molar-refractivity contribution is 6.31. The zero-order valence-electron chi connectivity index (χ0n) is 8.10. The number of hydrogen-bond donors (Lipinski definition) is 0. The highest BCUT2D eigenvalue weighted by atomic mass is 35.5. The van der Waals surface area contributed by atoms with Gasteiger partial charge in [0, 0.05) is 5.03 Å². The van der Waals surface area contributed by atoms with Crippen LogP contribution in [0.4, 0.5) is 0 Å². The van der Waals surface area contributed by atoms with Gasteiger partial charge in [0.15, 0.2) is 0 Å². The summed E-state index contributed by atoms with van der Waals surface area (Å²) in [6.45, 7) is 13.1. The van der Waals surface area contributed by atoms with Crippen LogP contribution in [-0.4, -0.2) is 0 Å². The molecule has 0 aliphatic carbocycles. The Labute approximate surface area is 80.9 Å². The fourth-order valence-corrected chi connectivity index (χ4v) is 0.410. The Bertz CT molecular complexity index is 163. The zero-order valence-corrected chi connectivity index (χ0v) is 8.86. The van der Waals surface area contributed by atoms with E-state index in [1.165, 1.54) is 0 Å². The van der Waals surface area contributed by atoms with Crippen LogP contribution in [0, 0.1) is 0 Å². The average Bonchev–Trinajstić information content (AvgIpc) is 2.16. The van der Waals surface area contributed by atoms with Gasteiger partial charge in [0.1, 0.15) is 0 Å². The van der Waals surface area contributed by atoms with Crippen LogP contribution in [0.3, 0.4) is 0 Å². The minimum atomic E-state index is 0.640. The fourth-order valence-electron chi connectivity index (χ4n) is 0.347. The van der Waals surface area contributed by atoms with Crippen LogP contribution in [0.2, 0.25) is 0 Å². The van der Waals surface area contributed by atoms with E-state index in [1.54, 1.807) is 18.2 Å². The quantitative estimate of drug-likeness (QED) is 0.569. The minimum absolute atomic E-state index is 0.640. The molecule has 0 atom stereocenters. The molecule has 0 unspecified atom stereocenters. The summed E-state index contributed by atoms with van der Waals surface area (Å²) in [6.07, 6.45) is 7.03. The highest BCUT2D eigenvalue weighted by Crippen LogP contribution is 2.03. The molecule has 0 aromatic rings. The number of allylic oxidation sites excluding steroid dienone is 6. The van der Waals surface area contributed by atoms with Crippen molar-refractivity contribution in [3.63, 3.8) is 0 Å². The lowest BCUT2D eigenvalue weighted by molar-refractivity contribution is 1.50. The molecule has 0 heterocycles. The van der Waals surface area contributed by atoms with Gasteiger partial charge in [-0.3, -0.25) is 0 Å². The Kier molecular flexibility index (Phi) is 11.8. The molecule has 0 nitrogen and oxygen atoms in total. The number of hydrogen-bond acceptors (Lipinski definition) is 0. The molecule has 0 bridgehead atoms.